The molecule has 1 aromatic carbocycles. The third kappa shape index (κ3) is 4.44. The van der Waals surface area contributed by atoms with Crippen molar-refractivity contribution in [3.05, 3.63) is 53.2 Å². The molecule has 1 amide bonds. The maximum absolute atomic E-state index is 12.5. The highest BCUT2D eigenvalue weighted by Crippen LogP contribution is 2.18. The second kappa shape index (κ2) is 7.51. The van der Waals surface area contributed by atoms with Crippen LogP contribution < -0.4 is 4.74 Å². The average Bonchev–Trinajstić information content (AvgIpc) is 2.61. The van der Waals surface area contributed by atoms with Gasteiger partial charge in [0.05, 0.1) is 17.9 Å². The average molecular weight is 396 g/mol. The number of sulfonamides is 1. The Morgan fingerprint density at radius 1 is 1.31 bits per heavy atom. The summed E-state index contributed by atoms with van der Waals surface area (Å²) in [4.78, 5) is 15.8. The van der Waals surface area contributed by atoms with Gasteiger partial charge in [-0.25, -0.2) is 8.42 Å². The standard InChI is InChI=1S/C17H18ClN3O4S/c1-20(8-10-25-15-5-3-14(18)4-6-15)17(22)13-2-7-16-19-26(23,24)11-9-21(16)12-13/h2-7,12H,8-11H2,1H3. The molecule has 0 radical (unpaired) electrons. The summed E-state index contributed by atoms with van der Waals surface area (Å²) in [5, 5.41) is 0.633. The quantitative estimate of drug-likeness (QED) is 0.757. The second-order valence-electron chi connectivity index (χ2n) is 5.88. The van der Waals surface area contributed by atoms with Crippen molar-refractivity contribution < 1.29 is 17.9 Å². The molecular formula is C17H18ClN3O4S. The number of amides is 1. The predicted molar refractivity (Wildman–Crippen MR) is 99.7 cm³/mol. The van der Waals surface area contributed by atoms with Gasteiger partial charge in [0.25, 0.3) is 15.9 Å². The molecule has 9 heteroatoms. The van der Waals surface area contributed by atoms with E-state index < -0.39 is 10.0 Å². The molecule has 0 saturated heterocycles. The maximum Gasteiger partial charge on any atom is 0.256 e. The number of hydrogen-bond donors (Lipinski definition) is 0. The molecule has 2 aliphatic heterocycles. The van der Waals surface area contributed by atoms with E-state index in [0.29, 0.717) is 35.3 Å². The van der Waals surface area contributed by atoms with E-state index in [4.69, 9.17) is 16.3 Å². The number of carbonyl (C=O) groups excluding carboxylic acids is 1. The first kappa shape index (κ1) is 18.5. The lowest BCUT2D eigenvalue weighted by Crippen LogP contribution is -2.39. The van der Waals surface area contributed by atoms with Gasteiger partial charge in [-0.3, -0.25) is 4.79 Å². The van der Waals surface area contributed by atoms with Crippen molar-refractivity contribution in [2.24, 2.45) is 4.40 Å². The minimum atomic E-state index is -3.40. The van der Waals surface area contributed by atoms with Crippen LogP contribution in [0.4, 0.5) is 0 Å². The minimum absolute atomic E-state index is 0.0624. The molecule has 0 spiro atoms. The van der Waals surface area contributed by atoms with E-state index in [1.165, 1.54) is 0 Å². The molecule has 0 saturated carbocycles. The number of halogens is 1. The zero-order valence-corrected chi connectivity index (χ0v) is 15.7. The SMILES string of the molecule is CN(CCOc1ccc(Cl)cc1)C(=O)C1=CN2CCS(=O)(=O)N=C2C=C1. The van der Waals surface area contributed by atoms with Crippen LogP contribution in [0.15, 0.2) is 52.6 Å². The lowest BCUT2D eigenvalue weighted by atomic mass is 10.1. The number of rotatable bonds is 5. The summed E-state index contributed by atoms with van der Waals surface area (Å²) in [7, 11) is -1.72. The van der Waals surface area contributed by atoms with E-state index in [2.05, 4.69) is 4.40 Å². The number of fused-ring (bicyclic) bond motifs is 1. The number of nitrogens with zero attached hydrogens (tertiary/aromatic N) is 3. The molecule has 3 rings (SSSR count). The van der Waals surface area contributed by atoms with Gasteiger partial charge in [-0.2, -0.15) is 0 Å². The normalized spacial score (nSPS) is 17.8. The lowest BCUT2D eigenvalue weighted by Gasteiger charge is -2.28. The van der Waals surface area contributed by atoms with Crippen molar-refractivity contribution in [2.45, 2.75) is 0 Å². The zero-order chi connectivity index (χ0) is 18.7. The lowest BCUT2D eigenvalue weighted by molar-refractivity contribution is -0.125. The molecule has 0 fully saturated rings. The number of benzene rings is 1. The molecule has 0 N–H and O–H groups in total. The summed E-state index contributed by atoms with van der Waals surface area (Å²) in [5.41, 5.74) is 0.470. The smallest absolute Gasteiger partial charge is 0.256 e. The molecule has 2 aliphatic rings. The summed E-state index contributed by atoms with van der Waals surface area (Å²) < 4.78 is 32.3. The highest BCUT2D eigenvalue weighted by Gasteiger charge is 2.25. The topological polar surface area (TPSA) is 79.3 Å². The van der Waals surface area contributed by atoms with Crippen LogP contribution in [-0.4, -0.2) is 62.5 Å². The van der Waals surface area contributed by atoms with Gasteiger partial charge in [-0.1, -0.05) is 11.6 Å². The first-order valence-electron chi connectivity index (χ1n) is 7.97. The van der Waals surface area contributed by atoms with E-state index in [-0.39, 0.29) is 18.2 Å². The molecule has 0 aromatic heterocycles. The zero-order valence-electron chi connectivity index (χ0n) is 14.1. The molecule has 0 atom stereocenters. The van der Waals surface area contributed by atoms with Gasteiger partial charge in [0, 0.05) is 24.8 Å². The first-order chi connectivity index (χ1) is 12.3. The first-order valence-corrected chi connectivity index (χ1v) is 9.96. The van der Waals surface area contributed by atoms with Crippen LogP contribution in [0, 0.1) is 0 Å². The molecular weight excluding hydrogens is 378 g/mol. The fourth-order valence-electron chi connectivity index (χ4n) is 2.48. The van der Waals surface area contributed by atoms with E-state index in [0.717, 1.165) is 0 Å². The van der Waals surface area contributed by atoms with E-state index >= 15 is 0 Å². The van der Waals surface area contributed by atoms with E-state index in [9.17, 15) is 13.2 Å². The third-order valence-electron chi connectivity index (χ3n) is 3.93. The summed E-state index contributed by atoms with van der Waals surface area (Å²) in [6.45, 7) is 1.03. The Hall–Kier alpha value is -2.32. The Labute approximate surface area is 157 Å². The van der Waals surface area contributed by atoms with Gasteiger partial charge in [0.2, 0.25) is 0 Å². The van der Waals surface area contributed by atoms with Gasteiger partial charge >= 0.3 is 0 Å². The molecule has 0 bridgehead atoms. The third-order valence-corrected chi connectivity index (χ3v) is 5.34. The van der Waals surface area contributed by atoms with Crippen molar-refractivity contribution in [2.75, 3.05) is 32.5 Å². The van der Waals surface area contributed by atoms with E-state index in [1.807, 2.05) is 0 Å². The fraction of sp³-hybridized carbons (Fsp3) is 0.294. The molecule has 2 heterocycles. The van der Waals surface area contributed by atoms with Crippen LogP contribution in [0.1, 0.15) is 0 Å². The Kier molecular flexibility index (Phi) is 5.33. The predicted octanol–water partition coefficient (Wildman–Crippen LogP) is 1.67. The summed E-state index contributed by atoms with van der Waals surface area (Å²) >= 11 is 5.82. The molecule has 7 nitrogen and oxygen atoms in total. The van der Waals surface area contributed by atoms with Crippen molar-refractivity contribution in [1.82, 2.24) is 9.80 Å². The molecule has 0 aliphatic carbocycles. The highest BCUT2D eigenvalue weighted by molar-refractivity contribution is 7.90. The van der Waals surface area contributed by atoms with Crippen LogP contribution in [-0.2, 0) is 14.8 Å². The Balaban J connectivity index is 1.56. The molecule has 0 unspecified atom stereocenters. The van der Waals surface area contributed by atoms with Gasteiger partial charge < -0.3 is 14.5 Å². The highest BCUT2D eigenvalue weighted by atomic mass is 35.5. The largest absolute Gasteiger partial charge is 0.492 e. The van der Waals surface area contributed by atoms with Crippen molar-refractivity contribution in [1.29, 1.82) is 0 Å². The number of amidine groups is 1. The molecule has 1 aromatic rings. The number of carbonyl (C=O) groups is 1. The Morgan fingerprint density at radius 3 is 2.77 bits per heavy atom. The van der Waals surface area contributed by atoms with Crippen molar-refractivity contribution in [3.63, 3.8) is 0 Å². The van der Waals surface area contributed by atoms with Crippen LogP contribution in [0.2, 0.25) is 5.02 Å². The Bertz CT molecular complexity index is 891. The van der Waals surface area contributed by atoms with Gasteiger partial charge in [0.15, 0.2) is 0 Å². The van der Waals surface area contributed by atoms with Crippen molar-refractivity contribution >= 4 is 33.4 Å². The number of ether oxygens (including phenoxy) is 1. The fourth-order valence-corrected chi connectivity index (χ4v) is 3.58. The van der Waals surface area contributed by atoms with Crippen LogP contribution in [0.25, 0.3) is 0 Å². The van der Waals surface area contributed by atoms with Crippen LogP contribution >= 0.6 is 11.6 Å². The summed E-state index contributed by atoms with van der Waals surface area (Å²) in [6, 6.07) is 7.01. The Morgan fingerprint density at radius 2 is 2.04 bits per heavy atom. The van der Waals surface area contributed by atoms with Crippen LogP contribution in [0.5, 0.6) is 5.75 Å². The minimum Gasteiger partial charge on any atom is -0.492 e. The molecule has 138 valence electrons. The van der Waals surface area contributed by atoms with Crippen LogP contribution in [0.3, 0.4) is 0 Å². The molecule has 26 heavy (non-hydrogen) atoms. The summed E-state index contributed by atoms with van der Waals surface area (Å²) in [5.74, 6) is 0.782. The van der Waals surface area contributed by atoms with Gasteiger partial charge in [-0.05, 0) is 36.4 Å². The van der Waals surface area contributed by atoms with Crippen molar-refractivity contribution in [3.8, 4) is 5.75 Å². The maximum atomic E-state index is 12.5. The number of likely N-dealkylation sites (N-methyl/N-ethyl adjacent to an activating group) is 1. The summed E-state index contributed by atoms with van der Waals surface area (Å²) in [6.07, 6.45) is 4.75. The number of hydrogen-bond acceptors (Lipinski definition) is 5. The van der Waals surface area contributed by atoms with Gasteiger partial charge in [0.1, 0.15) is 18.2 Å². The second-order valence-corrected chi connectivity index (χ2v) is 8.07. The van der Waals surface area contributed by atoms with E-state index in [1.54, 1.807) is 59.5 Å². The monoisotopic (exact) mass is 395 g/mol. The van der Waals surface area contributed by atoms with Gasteiger partial charge in [-0.15, -0.1) is 4.40 Å².